The summed E-state index contributed by atoms with van der Waals surface area (Å²) in [5.74, 6) is 0.825. The minimum Gasteiger partial charge on any atom is -0.353 e. The van der Waals surface area contributed by atoms with E-state index in [9.17, 15) is 4.79 Å². The Morgan fingerprint density at radius 3 is 2.86 bits per heavy atom. The third-order valence-corrected chi connectivity index (χ3v) is 2.57. The Hall–Kier alpha value is -1.06. The third-order valence-electron chi connectivity index (χ3n) is 2.57. The lowest BCUT2D eigenvalue weighted by Gasteiger charge is -2.37. The molecule has 0 saturated carbocycles. The van der Waals surface area contributed by atoms with Crippen LogP contribution in [0.5, 0.6) is 0 Å². The second-order valence-corrected chi connectivity index (χ2v) is 3.95. The van der Waals surface area contributed by atoms with Crippen LogP contribution in [0.2, 0.25) is 0 Å². The molecule has 1 aliphatic rings. The molecule has 1 aliphatic heterocycles. The molecule has 1 atom stereocenters. The van der Waals surface area contributed by atoms with Crippen LogP contribution in [-0.2, 0) is 4.79 Å². The molecule has 1 rings (SSSR count). The fraction of sp³-hybridized carbons (Fsp3) is 0.800. The average molecular weight is 197 g/mol. The number of rotatable bonds is 2. The molecule has 0 spiro atoms. The molecule has 4 nitrogen and oxygen atoms in total. The summed E-state index contributed by atoms with van der Waals surface area (Å²) in [6.45, 7) is 7.38. The number of hydrogen-bond acceptors (Lipinski definition) is 2. The predicted octanol–water partition coefficient (Wildman–Crippen LogP) is 0.830. The minimum atomic E-state index is -0.140. The zero-order valence-electron chi connectivity index (χ0n) is 9.13. The van der Waals surface area contributed by atoms with Gasteiger partial charge in [0.25, 0.3) is 0 Å². The Labute approximate surface area is 85.2 Å². The molecule has 0 aliphatic carbocycles. The van der Waals surface area contributed by atoms with Crippen LogP contribution in [0.4, 0.5) is 0 Å². The Balaban J connectivity index is 2.74. The second kappa shape index (κ2) is 4.44. The lowest BCUT2D eigenvalue weighted by molar-refractivity contribution is -0.127. The first kappa shape index (κ1) is 11.0. The zero-order valence-corrected chi connectivity index (χ0v) is 9.13. The van der Waals surface area contributed by atoms with Crippen molar-refractivity contribution in [3.05, 3.63) is 0 Å². The van der Waals surface area contributed by atoms with Crippen LogP contribution in [-0.4, -0.2) is 35.8 Å². The van der Waals surface area contributed by atoms with Gasteiger partial charge < -0.3 is 10.2 Å². The van der Waals surface area contributed by atoms with E-state index in [1.54, 1.807) is 0 Å². The first-order valence-electron chi connectivity index (χ1n) is 5.20. The number of carbonyl (C=O) groups is 1. The highest BCUT2D eigenvalue weighted by Gasteiger charge is 2.30. The van der Waals surface area contributed by atoms with Gasteiger partial charge in [-0.2, -0.15) is 0 Å². The fourth-order valence-corrected chi connectivity index (χ4v) is 1.74. The molecule has 1 unspecified atom stereocenters. The monoisotopic (exact) mass is 197 g/mol. The predicted molar refractivity (Wildman–Crippen MR) is 56.4 cm³/mol. The van der Waals surface area contributed by atoms with Gasteiger partial charge in [0.1, 0.15) is 6.04 Å². The molecule has 80 valence electrons. The maximum atomic E-state index is 11.5. The van der Waals surface area contributed by atoms with Gasteiger partial charge >= 0.3 is 0 Å². The average Bonchev–Trinajstić information content (AvgIpc) is 2.16. The summed E-state index contributed by atoms with van der Waals surface area (Å²) in [4.78, 5) is 13.4. The van der Waals surface area contributed by atoms with Crippen molar-refractivity contribution in [2.45, 2.75) is 33.2 Å². The number of piperazine rings is 1. The van der Waals surface area contributed by atoms with E-state index in [2.05, 4.69) is 5.32 Å². The van der Waals surface area contributed by atoms with Gasteiger partial charge in [-0.15, -0.1) is 0 Å². The summed E-state index contributed by atoms with van der Waals surface area (Å²) >= 11 is 0. The highest BCUT2D eigenvalue weighted by atomic mass is 16.2. The smallest absolute Gasteiger partial charge is 0.242 e. The Bertz CT molecular complexity index is 238. The van der Waals surface area contributed by atoms with Gasteiger partial charge in [-0.3, -0.25) is 10.2 Å². The maximum Gasteiger partial charge on any atom is 0.242 e. The first-order valence-corrected chi connectivity index (χ1v) is 5.20. The first-order chi connectivity index (χ1) is 6.57. The lowest BCUT2D eigenvalue weighted by atomic mass is 10.1. The second-order valence-electron chi connectivity index (χ2n) is 3.95. The highest BCUT2D eigenvalue weighted by Crippen LogP contribution is 2.12. The molecule has 14 heavy (non-hydrogen) atoms. The van der Waals surface area contributed by atoms with Crippen molar-refractivity contribution in [3.63, 3.8) is 0 Å². The number of amidine groups is 1. The molecule has 1 amide bonds. The van der Waals surface area contributed by atoms with Crippen LogP contribution in [0, 0.1) is 11.3 Å². The summed E-state index contributed by atoms with van der Waals surface area (Å²) in [5.41, 5.74) is 0. The molecule has 0 aromatic rings. The number of carbonyl (C=O) groups excluding carboxylic acids is 1. The highest BCUT2D eigenvalue weighted by molar-refractivity contribution is 5.90. The van der Waals surface area contributed by atoms with Crippen LogP contribution in [0.1, 0.15) is 27.2 Å². The van der Waals surface area contributed by atoms with Crippen molar-refractivity contribution in [2.24, 2.45) is 5.92 Å². The van der Waals surface area contributed by atoms with Gasteiger partial charge in [-0.25, -0.2) is 0 Å². The molecule has 0 aromatic heterocycles. The molecule has 1 saturated heterocycles. The minimum absolute atomic E-state index is 0.0594. The Morgan fingerprint density at radius 1 is 1.71 bits per heavy atom. The van der Waals surface area contributed by atoms with Crippen molar-refractivity contribution >= 4 is 11.7 Å². The molecule has 2 N–H and O–H groups in total. The van der Waals surface area contributed by atoms with E-state index in [4.69, 9.17) is 5.41 Å². The number of hydrogen-bond donors (Lipinski definition) is 2. The van der Waals surface area contributed by atoms with Gasteiger partial charge in [0, 0.05) is 19.0 Å². The maximum absolute atomic E-state index is 11.5. The molecule has 0 radical (unpaired) electrons. The molecule has 1 heterocycles. The Morgan fingerprint density at radius 2 is 2.36 bits per heavy atom. The Kier molecular flexibility index (Phi) is 3.49. The van der Waals surface area contributed by atoms with Crippen molar-refractivity contribution in [1.82, 2.24) is 10.2 Å². The van der Waals surface area contributed by atoms with E-state index in [0.29, 0.717) is 12.4 Å². The normalized spacial score (nSPS) is 22.4. The van der Waals surface area contributed by atoms with Gasteiger partial charge in [0.05, 0.1) is 5.84 Å². The molecule has 0 aromatic carbocycles. The quantitative estimate of drug-likeness (QED) is 0.509. The van der Waals surface area contributed by atoms with E-state index in [1.165, 1.54) is 0 Å². The van der Waals surface area contributed by atoms with E-state index >= 15 is 0 Å². The van der Waals surface area contributed by atoms with E-state index in [1.807, 2.05) is 25.7 Å². The van der Waals surface area contributed by atoms with Crippen LogP contribution >= 0.6 is 0 Å². The van der Waals surface area contributed by atoms with Gasteiger partial charge in [0.15, 0.2) is 0 Å². The molecular formula is C10H19N3O. The zero-order chi connectivity index (χ0) is 10.7. The van der Waals surface area contributed by atoms with E-state index < -0.39 is 0 Å². The summed E-state index contributed by atoms with van der Waals surface area (Å²) < 4.78 is 0. The summed E-state index contributed by atoms with van der Waals surface area (Å²) in [5, 5.41) is 10.7. The van der Waals surface area contributed by atoms with Crippen LogP contribution < -0.4 is 5.32 Å². The van der Waals surface area contributed by atoms with Gasteiger partial charge in [-0.1, -0.05) is 20.8 Å². The van der Waals surface area contributed by atoms with Crippen molar-refractivity contribution in [3.8, 4) is 0 Å². The van der Waals surface area contributed by atoms with Crippen LogP contribution in [0.25, 0.3) is 0 Å². The summed E-state index contributed by atoms with van der Waals surface area (Å²) in [6.07, 6.45) is 0.765. The van der Waals surface area contributed by atoms with Crippen LogP contribution in [0.15, 0.2) is 0 Å². The van der Waals surface area contributed by atoms with Crippen molar-refractivity contribution in [1.29, 1.82) is 5.41 Å². The molecular weight excluding hydrogens is 178 g/mol. The van der Waals surface area contributed by atoms with E-state index in [0.717, 1.165) is 13.0 Å². The number of amides is 1. The topological polar surface area (TPSA) is 56.2 Å². The fourth-order valence-electron chi connectivity index (χ4n) is 1.74. The van der Waals surface area contributed by atoms with Gasteiger partial charge in [-0.05, 0) is 6.42 Å². The molecule has 1 fully saturated rings. The SMILES string of the molecule is CCC1C(=O)NCCN1C(=N)C(C)C. The van der Waals surface area contributed by atoms with Crippen LogP contribution in [0.3, 0.4) is 0 Å². The number of nitrogens with one attached hydrogen (secondary N) is 2. The van der Waals surface area contributed by atoms with Gasteiger partial charge in [0.2, 0.25) is 5.91 Å². The third kappa shape index (κ3) is 2.05. The number of nitrogens with zero attached hydrogens (tertiary/aromatic N) is 1. The van der Waals surface area contributed by atoms with E-state index in [-0.39, 0.29) is 17.9 Å². The van der Waals surface area contributed by atoms with Crippen molar-refractivity contribution in [2.75, 3.05) is 13.1 Å². The molecule has 0 bridgehead atoms. The molecule has 4 heteroatoms. The standard InChI is InChI=1S/C10H19N3O/c1-4-8-10(14)12-5-6-13(8)9(11)7(2)3/h7-8,11H,4-6H2,1-3H3,(H,12,14). The summed E-state index contributed by atoms with van der Waals surface area (Å²) in [7, 11) is 0. The van der Waals surface area contributed by atoms with Crippen molar-refractivity contribution < 1.29 is 4.79 Å². The largest absolute Gasteiger partial charge is 0.353 e. The summed E-state index contributed by atoms with van der Waals surface area (Å²) in [6, 6.07) is -0.140. The lowest BCUT2D eigenvalue weighted by Crippen LogP contribution is -2.57.